The summed E-state index contributed by atoms with van der Waals surface area (Å²) in [5.74, 6) is 0.122. The summed E-state index contributed by atoms with van der Waals surface area (Å²) in [5.41, 5.74) is 0. The summed E-state index contributed by atoms with van der Waals surface area (Å²) < 4.78 is 11.1. The number of hydrogen-bond acceptors (Lipinski definition) is 10. The second-order valence-corrected chi connectivity index (χ2v) is 18.9. The van der Waals surface area contributed by atoms with Gasteiger partial charge < -0.3 is 50.5 Å². The van der Waals surface area contributed by atoms with Crippen molar-refractivity contribution < 1.29 is 50.0 Å². The molecule has 11 nitrogen and oxygen atoms in total. The van der Waals surface area contributed by atoms with E-state index in [2.05, 4.69) is 26.1 Å². The third kappa shape index (κ3) is 29.3. The Morgan fingerprint density at radius 3 is 1.36 bits per heavy atom. The first-order valence-corrected chi connectivity index (χ1v) is 25.8. The first-order chi connectivity index (χ1) is 29.6. The summed E-state index contributed by atoms with van der Waals surface area (Å²) in [6.07, 6.45) is 28.7. The number of carbonyl (C=O) groups is 1. The van der Waals surface area contributed by atoms with Crippen molar-refractivity contribution in [3.05, 3.63) is 0 Å². The van der Waals surface area contributed by atoms with Crippen LogP contribution < -0.4 is 5.32 Å². The van der Waals surface area contributed by atoms with E-state index in [1.54, 1.807) is 0 Å². The van der Waals surface area contributed by atoms with Crippen molar-refractivity contribution in [2.24, 2.45) is 5.92 Å². The van der Waals surface area contributed by atoms with Gasteiger partial charge in [-0.1, -0.05) is 226 Å². The lowest BCUT2D eigenvalue weighted by Gasteiger charge is -2.40. The molecule has 1 fully saturated rings. The highest BCUT2D eigenvalue weighted by Crippen LogP contribution is 2.23. The van der Waals surface area contributed by atoms with Crippen LogP contribution in [0.15, 0.2) is 0 Å². The molecule has 8 N–H and O–H groups in total. The van der Waals surface area contributed by atoms with E-state index >= 15 is 0 Å². The molecule has 1 heterocycles. The highest BCUT2D eigenvalue weighted by atomic mass is 16.7. The fraction of sp³-hybridized carbons (Fsp3) is 0.980. The second kappa shape index (κ2) is 39.5. The van der Waals surface area contributed by atoms with Crippen LogP contribution in [0.3, 0.4) is 0 Å². The maximum absolute atomic E-state index is 13.1. The second-order valence-electron chi connectivity index (χ2n) is 18.9. The highest BCUT2D eigenvalue weighted by molar-refractivity contribution is 5.80. The summed E-state index contributed by atoms with van der Waals surface area (Å²) in [6, 6.07) is -1.16. The van der Waals surface area contributed by atoms with Gasteiger partial charge in [-0.05, 0) is 18.8 Å². The smallest absolute Gasteiger partial charge is 0.249 e. The van der Waals surface area contributed by atoms with Crippen LogP contribution in [0.5, 0.6) is 0 Å². The molecule has 0 radical (unpaired) electrons. The van der Waals surface area contributed by atoms with Crippen LogP contribution in [-0.4, -0.2) is 110 Å². The minimum absolute atomic E-state index is 0.266. The van der Waals surface area contributed by atoms with E-state index in [4.69, 9.17) is 9.47 Å². The fourth-order valence-corrected chi connectivity index (χ4v) is 8.54. The van der Waals surface area contributed by atoms with Gasteiger partial charge >= 0.3 is 0 Å². The summed E-state index contributed by atoms with van der Waals surface area (Å²) in [7, 11) is 0. The average molecular weight is 874 g/mol. The molecule has 0 aliphatic carbocycles. The number of amides is 1. The molecule has 10 atom stereocenters. The molecule has 0 bridgehead atoms. The Morgan fingerprint density at radius 2 is 0.951 bits per heavy atom. The normalized spacial score (nSPS) is 21.9. The minimum Gasteiger partial charge on any atom is -0.394 e. The lowest BCUT2D eigenvalue weighted by atomic mass is 9.98. The zero-order valence-corrected chi connectivity index (χ0v) is 39.6. The molecule has 0 spiro atoms. The van der Waals surface area contributed by atoms with E-state index in [-0.39, 0.29) is 6.42 Å². The molecule has 1 aliphatic rings. The van der Waals surface area contributed by atoms with E-state index in [0.29, 0.717) is 19.3 Å². The molecule has 1 rings (SSSR count). The zero-order valence-electron chi connectivity index (χ0n) is 39.6. The van der Waals surface area contributed by atoms with E-state index in [0.717, 1.165) is 44.4 Å². The van der Waals surface area contributed by atoms with Gasteiger partial charge in [0, 0.05) is 0 Å². The molecule has 1 unspecified atom stereocenters. The zero-order chi connectivity index (χ0) is 44.9. The molecule has 1 saturated heterocycles. The molecular formula is C50H99NO10. The molecule has 0 aromatic carbocycles. The van der Waals surface area contributed by atoms with Crippen LogP contribution in [0.4, 0.5) is 0 Å². The van der Waals surface area contributed by atoms with Crippen molar-refractivity contribution >= 4 is 5.91 Å². The van der Waals surface area contributed by atoms with Crippen molar-refractivity contribution in [2.75, 3.05) is 13.2 Å². The van der Waals surface area contributed by atoms with Gasteiger partial charge in [0.2, 0.25) is 5.91 Å². The third-order valence-electron chi connectivity index (χ3n) is 13.2. The molecule has 1 amide bonds. The van der Waals surface area contributed by atoms with Crippen LogP contribution >= 0.6 is 0 Å². The van der Waals surface area contributed by atoms with Gasteiger partial charge in [-0.25, -0.2) is 0 Å². The lowest BCUT2D eigenvalue weighted by Crippen LogP contribution is -2.60. The predicted molar refractivity (Wildman–Crippen MR) is 247 cm³/mol. The molecule has 364 valence electrons. The van der Waals surface area contributed by atoms with Crippen LogP contribution in [0.1, 0.15) is 239 Å². The Kier molecular flexibility index (Phi) is 37.6. The summed E-state index contributed by atoms with van der Waals surface area (Å²) in [6.45, 7) is 5.79. The topological polar surface area (TPSA) is 189 Å². The Balaban J connectivity index is 2.35. The number of ether oxygens (including phenoxy) is 2. The van der Waals surface area contributed by atoms with Gasteiger partial charge in [0.1, 0.15) is 36.6 Å². The van der Waals surface area contributed by atoms with Crippen molar-refractivity contribution in [3.8, 4) is 0 Å². The molecule has 61 heavy (non-hydrogen) atoms. The number of nitrogens with one attached hydrogen (secondary N) is 1. The van der Waals surface area contributed by atoms with Gasteiger partial charge in [-0.2, -0.15) is 0 Å². The molecule has 11 heteroatoms. The van der Waals surface area contributed by atoms with E-state index in [1.165, 1.54) is 154 Å². The van der Waals surface area contributed by atoms with Crippen LogP contribution in [-0.2, 0) is 14.3 Å². The standard InChI is InChI=1S/C50H99NO10/c1-4-6-7-8-9-10-11-12-13-14-15-16-17-18-19-20-21-24-28-31-34-37-43(54)49(59)51-41(39-60-50-48(58)47(57)46(56)44(38-52)61-50)45(55)42(53)36-33-30-27-25-22-23-26-29-32-35-40(3)5-2/h40-48,50,52-58H,4-39H2,1-3H3,(H,51,59)/t40?,41-,42+,43+,44+,45-,46-,47-,48+,50+/m0/s1. The lowest BCUT2D eigenvalue weighted by molar-refractivity contribution is -0.303. The van der Waals surface area contributed by atoms with Crippen molar-refractivity contribution in [2.45, 2.75) is 294 Å². The Bertz CT molecular complexity index is 975. The Morgan fingerprint density at radius 1 is 0.557 bits per heavy atom. The summed E-state index contributed by atoms with van der Waals surface area (Å²) in [4.78, 5) is 13.1. The van der Waals surface area contributed by atoms with Crippen molar-refractivity contribution in [1.82, 2.24) is 5.32 Å². The summed E-state index contributed by atoms with van der Waals surface area (Å²) >= 11 is 0. The van der Waals surface area contributed by atoms with Crippen LogP contribution in [0.25, 0.3) is 0 Å². The summed E-state index contributed by atoms with van der Waals surface area (Å²) in [5, 5.41) is 75.8. The number of carbonyl (C=O) groups excluding carboxylic acids is 1. The van der Waals surface area contributed by atoms with Gasteiger partial charge in [-0.3, -0.25) is 4.79 Å². The monoisotopic (exact) mass is 874 g/mol. The highest BCUT2D eigenvalue weighted by Gasteiger charge is 2.44. The van der Waals surface area contributed by atoms with E-state index in [1.807, 2.05) is 0 Å². The largest absolute Gasteiger partial charge is 0.394 e. The van der Waals surface area contributed by atoms with Gasteiger partial charge in [-0.15, -0.1) is 0 Å². The number of rotatable bonds is 43. The fourth-order valence-electron chi connectivity index (χ4n) is 8.54. The number of unbranched alkanes of at least 4 members (excludes halogenated alkanes) is 28. The van der Waals surface area contributed by atoms with E-state index < -0.39 is 74.2 Å². The molecule has 0 aromatic rings. The van der Waals surface area contributed by atoms with Crippen molar-refractivity contribution in [3.63, 3.8) is 0 Å². The molecular weight excluding hydrogens is 775 g/mol. The van der Waals surface area contributed by atoms with Crippen LogP contribution in [0, 0.1) is 5.92 Å². The molecule has 0 saturated carbocycles. The van der Waals surface area contributed by atoms with Gasteiger partial charge in [0.25, 0.3) is 0 Å². The number of aliphatic hydroxyl groups excluding tert-OH is 7. The minimum atomic E-state index is -1.66. The molecule has 1 aliphatic heterocycles. The first kappa shape index (κ1) is 58.1. The maximum Gasteiger partial charge on any atom is 0.249 e. The number of aliphatic hydroxyl groups is 7. The van der Waals surface area contributed by atoms with Crippen LogP contribution in [0.2, 0.25) is 0 Å². The van der Waals surface area contributed by atoms with Gasteiger partial charge in [0.05, 0.1) is 25.4 Å². The maximum atomic E-state index is 13.1. The molecule has 0 aromatic heterocycles. The average Bonchev–Trinajstić information content (AvgIpc) is 3.26. The predicted octanol–water partition coefficient (Wildman–Crippen LogP) is 9.31. The van der Waals surface area contributed by atoms with E-state index in [9.17, 15) is 40.5 Å². The Labute approximate surface area is 373 Å². The third-order valence-corrected chi connectivity index (χ3v) is 13.2. The van der Waals surface area contributed by atoms with Crippen molar-refractivity contribution in [1.29, 1.82) is 0 Å². The quantitative estimate of drug-likeness (QED) is 0.0274. The SMILES string of the molecule is CCCCCCCCCCCCCCCCCCCCCCC[C@@H](O)C(=O)N[C@@H](CO[C@@H]1O[C@H](CO)[C@H](O)[C@H](O)[C@H]1O)[C@H](O)[C@H](O)CCCCCCCCCCCC(C)CC. The Hall–Kier alpha value is -0.890. The number of hydrogen-bond donors (Lipinski definition) is 8. The first-order valence-electron chi connectivity index (χ1n) is 25.8. The van der Waals surface area contributed by atoms with Gasteiger partial charge in [0.15, 0.2) is 6.29 Å².